The molecule has 3 nitrogen and oxygen atoms in total. The number of aryl methyl sites for hydroxylation is 1. The van der Waals surface area contributed by atoms with Gasteiger partial charge >= 0.3 is 0 Å². The Hall–Kier alpha value is -0.580. The molecule has 0 aliphatic rings. The maximum absolute atomic E-state index is 11.5. The molecule has 2 rings (SSSR count). The van der Waals surface area contributed by atoms with E-state index in [0.717, 1.165) is 29.8 Å². The van der Waals surface area contributed by atoms with E-state index < -0.39 is 10.8 Å². The zero-order chi connectivity index (χ0) is 14.9. The molecule has 0 aliphatic carbocycles. The monoisotopic (exact) mass is 332 g/mol. The first-order valence-electron chi connectivity index (χ1n) is 6.52. The molecule has 6 heteroatoms. The lowest BCUT2D eigenvalue weighted by Gasteiger charge is -2.13. The molecule has 0 N–H and O–H groups in total. The van der Waals surface area contributed by atoms with Crippen molar-refractivity contribution in [2.75, 3.05) is 6.26 Å². The summed E-state index contributed by atoms with van der Waals surface area (Å²) in [5.74, 6) is 0.831. The lowest BCUT2D eigenvalue weighted by atomic mass is 10.3. The summed E-state index contributed by atoms with van der Waals surface area (Å²) < 4.78 is 13.6. The summed E-state index contributed by atoms with van der Waals surface area (Å²) in [6.07, 6.45) is 2.55. The van der Waals surface area contributed by atoms with Crippen molar-refractivity contribution in [1.82, 2.24) is 9.55 Å². The highest BCUT2D eigenvalue weighted by Gasteiger charge is 2.16. The van der Waals surface area contributed by atoms with E-state index in [9.17, 15) is 4.21 Å². The maximum atomic E-state index is 11.5. The fourth-order valence-corrected chi connectivity index (χ4v) is 2.90. The first kappa shape index (κ1) is 15.8. The number of hydrogen-bond acceptors (Lipinski definition) is 2. The lowest BCUT2D eigenvalue weighted by molar-refractivity contribution is 0.608. The quantitative estimate of drug-likeness (QED) is 0.771. The number of nitrogens with zero attached hydrogens (tertiary/aromatic N) is 2. The molecule has 0 spiro atoms. The average Bonchev–Trinajstić information content (AvgIpc) is 2.73. The number of imidazole rings is 1. The standard InChI is InChI=1S/C14H18Cl2N2OS/c1-9(20(3)19)6-7-18-13-8-11(16)4-5-12(13)17-14(18)10(2)15/h4-5,8-10H,6-7H2,1-3H3. The average molecular weight is 333 g/mol. The van der Waals surface area contributed by atoms with Crippen molar-refractivity contribution in [2.45, 2.75) is 37.4 Å². The van der Waals surface area contributed by atoms with Gasteiger partial charge in [-0.2, -0.15) is 0 Å². The second-order valence-corrected chi connectivity index (χ2v) is 7.86. The fraction of sp³-hybridized carbons (Fsp3) is 0.500. The van der Waals surface area contributed by atoms with Crippen molar-refractivity contribution >= 4 is 45.0 Å². The highest BCUT2D eigenvalue weighted by molar-refractivity contribution is 7.84. The number of fused-ring (bicyclic) bond motifs is 1. The minimum atomic E-state index is -0.820. The Balaban J connectivity index is 2.40. The molecule has 2 aromatic rings. The second-order valence-electron chi connectivity index (χ2n) is 4.97. The minimum absolute atomic E-state index is 0.144. The Morgan fingerprint density at radius 1 is 1.40 bits per heavy atom. The van der Waals surface area contributed by atoms with Gasteiger partial charge in [0, 0.05) is 33.9 Å². The van der Waals surface area contributed by atoms with Crippen LogP contribution in [0.25, 0.3) is 11.0 Å². The Labute approximate surface area is 131 Å². The van der Waals surface area contributed by atoms with Gasteiger partial charge in [-0.3, -0.25) is 4.21 Å². The van der Waals surface area contributed by atoms with Crippen LogP contribution in [0.1, 0.15) is 31.5 Å². The molecule has 1 heterocycles. The van der Waals surface area contributed by atoms with Crippen molar-refractivity contribution in [1.29, 1.82) is 0 Å². The van der Waals surface area contributed by atoms with E-state index in [1.165, 1.54) is 0 Å². The van der Waals surface area contributed by atoms with E-state index in [4.69, 9.17) is 23.2 Å². The van der Waals surface area contributed by atoms with Gasteiger partial charge in [-0.05, 0) is 31.5 Å². The molecule has 0 amide bonds. The highest BCUT2D eigenvalue weighted by atomic mass is 35.5. The summed E-state index contributed by atoms with van der Waals surface area (Å²) in [6.45, 7) is 4.64. The summed E-state index contributed by atoms with van der Waals surface area (Å²) in [6, 6.07) is 5.63. The van der Waals surface area contributed by atoms with Gasteiger partial charge in [-0.1, -0.05) is 18.5 Å². The molecular weight excluding hydrogens is 315 g/mol. The zero-order valence-electron chi connectivity index (χ0n) is 11.8. The molecule has 0 radical (unpaired) electrons. The summed E-state index contributed by atoms with van der Waals surface area (Å²) in [5.41, 5.74) is 1.87. The van der Waals surface area contributed by atoms with Gasteiger partial charge in [0.25, 0.3) is 0 Å². The van der Waals surface area contributed by atoms with Gasteiger partial charge in [-0.15, -0.1) is 11.6 Å². The van der Waals surface area contributed by atoms with Crippen LogP contribution in [0.15, 0.2) is 18.2 Å². The number of benzene rings is 1. The van der Waals surface area contributed by atoms with Crippen molar-refractivity contribution in [3.8, 4) is 0 Å². The second kappa shape index (κ2) is 6.46. The summed E-state index contributed by atoms with van der Waals surface area (Å²) >= 11 is 12.3. The number of aromatic nitrogens is 2. The molecule has 0 saturated carbocycles. The lowest BCUT2D eigenvalue weighted by Crippen LogP contribution is -2.14. The molecule has 0 aliphatic heterocycles. The van der Waals surface area contributed by atoms with E-state index in [0.29, 0.717) is 5.02 Å². The first-order chi connectivity index (χ1) is 9.40. The molecule has 0 saturated heterocycles. The molecule has 20 heavy (non-hydrogen) atoms. The highest BCUT2D eigenvalue weighted by Crippen LogP contribution is 2.27. The van der Waals surface area contributed by atoms with Gasteiger partial charge < -0.3 is 4.57 Å². The van der Waals surface area contributed by atoms with E-state index in [2.05, 4.69) is 9.55 Å². The summed E-state index contributed by atoms with van der Waals surface area (Å²) in [7, 11) is -0.820. The van der Waals surface area contributed by atoms with Crippen LogP contribution in [0.4, 0.5) is 0 Å². The van der Waals surface area contributed by atoms with Crippen molar-refractivity contribution in [3.05, 3.63) is 29.0 Å². The smallest absolute Gasteiger partial charge is 0.127 e. The maximum Gasteiger partial charge on any atom is 0.127 e. The van der Waals surface area contributed by atoms with Gasteiger partial charge in [0.15, 0.2) is 0 Å². The molecule has 3 atom stereocenters. The number of alkyl halides is 1. The van der Waals surface area contributed by atoms with Gasteiger partial charge in [-0.25, -0.2) is 4.98 Å². The summed E-state index contributed by atoms with van der Waals surface area (Å²) in [4.78, 5) is 4.57. The van der Waals surface area contributed by atoms with Crippen LogP contribution >= 0.6 is 23.2 Å². The van der Waals surface area contributed by atoms with Crippen LogP contribution in [0.5, 0.6) is 0 Å². The largest absolute Gasteiger partial charge is 0.327 e. The van der Waals surface area contributed by atoms with E-state index in [-0.39, 0.29) is 10.6 Å². The van der Waals surface area contributed by atoms with E-state index in [1.54, 1.807) is 6.26 Å². The summed E-state index contributed by atoms with van der Waals surface area (Å²) in [5, 5.41) is 0.647. The van der Waals surface area contributed by atoms with Crippen LogP contribution in [0.2, 0.25) is 5.02 Å². The number of halogens is 2. The van der Waals surface area contributed by atoms with Crippen LogP contribution < -0.4 is 0 Å². The predicted molar refractivity (Wildman–Crippen MR) is 87.2 cm³/mol. The number of rotatable bonds is 5. The molecule has 3 unspecified atom stereocenters. The third-order valence-electron chi connectivity index (χ3n) is 3.42. The van der Waals surface area contributed by atoms with Crippen LogP contribution in [0, 0.1) is 0 Å². The Morgan fingerprint density at radius 3 is 2.70 bits per heavy atom. The van der Waals surface area contributed by atoms with Crippen LogP contribution in [-0.2, 0) is 17.3 Å². The van der Waals surface area contributed by atoms with Crippen molar-refractivity contribution in [2.24, 2.45) is 0 Å². The Kier molecular flexibility index (Phi) is 5.10. The zero-order valence-corrected chi connectivity index (χ0v) is 14.1. The Morgan fingerprint density at radius 2 is 2.10 bits per heavy atom. The van der Waals surface area contributed by atoms with Crippen LogP contribution in [0.3, 0.4) is 0 Å². The topological polar surface area (TPSA) is 34.9 Å². The third kappa shape index (κ3) is 3.35. The van der Waals surface area contributed by atoms with Crippen LogP contribution in [-0.4, -0.2) is 25.3 Å². The molecule has 110 valence electrons. The molecule has 0 fully saturated rings. The molecule has 1 aromatic carbocycles. The minimum Gasteiger partial charge on any atom is -0.327 e. The third-order valence-corrected chi connectivity index (χ3v) is 5.22. The normalized spacial score (nSPS) is 16.2. The van der Waals surface area contributed by atoms with Crippen molar-refractivity contribution < 1.29 is 4.21 Å². The molecular formula is C14H18Cl2N2OS. The molecule has 0 bridgehead atoms. The SMILES string of the molecule is CC(Cl)c1nc2ccc(Cl)cc2n1CCC(C)S(C)=O. The predicted octanol–water partition coefficient (Wildman–Crippen LogP) is 4.15. The van der Waals surface area contributed by atoms with E-state index in [1.807, 2.05) is 32.0 Å². The van der Waals surface area contributed by atoms with E-state index >= 15 is 0 Å². The number of hydrogen-bond donors (Lipinski definition) is 0. The first-order valence-corrected chi connectivity index (χ1v) is 8.95. The molecule has 1 aromatic heterocycles. The fourth-order valence-electron chi connectivity index (χ4n) is 2.13. The van der Waals surface area contributed by atoms with Crippen molar-refractivity contribution in [3.63, 3.8) is 0 Å². The van der Waals surface area contributed by atoms with Gasteiger partial charge in [0.1, 0.15) is 5.82 Å². The van der Waals surface area contributed by atoms with Gasteiger partial charge in [0.05, 0.1) is 16.4 Å². The van der Waals surface area contributed by atoms with Gasteiger partial charge in [0.2, 0.25) is 0 Å². The Bertz CT molecular complexity index is 639.